The topological polar surface area (TPSA) is 146 Å². The molecule has 96 valence electrons. The van der Waals surface area contributed by atoms with E-state index in [0.29, 0.717) is 5.82 Å². The smallest absolute Gasteiger partial charge is 0.328 e. The minimum atomic E-state index is -0.656. The number of nitriles is 1. The summed E-state index contributed by atoms with van der Waals surface area (Å²) in [6.07, 6.45) is 1.32. The van der Waals surface area contributed by atoms with E-state index in [4.69, 9.17) is 5.26 Å². The van der Waals surface area contributed by atoms with Gasteiger partial charge in [-0.05, 0) is 13.0 Å². The molecule has 10 nitrogen and oxygen atoms in total. The zero-order chi connectivity index (χ0) is 13.8. The predicted octanol–water partition coefficient (Wildman–Crippen LogP) is 0.548. The molecule has 0 aromatic carbocycles. The quantitative estimate of drug-likeness (QED) is 0.598. The van der Waals surface area contributed by atoms with Gasteiger partial charge in [-0.2, -0.15) is 10.5 Å². The maximum absolute atomic E-state index is 11.0. The molecular formula is C9H8N8O2. The summed E-state index contributed by atoms with van der Waals surface area (Å²) in [4.78, 5) is 14.2. The van der Waals surface area contributed by atoms with Crippen molar-refractivity contribution in [2.45, 2.75) is 13.0 Å². The highest BCUT2D eigenvalue weighted by Gasteiger charge is 2.23. The van der Waals surface area contributed by atoms with Crippen molar-refractivity contribution in [3.8, 4) is 6.07 Å². The molecule has 0 radical (unpaired) electrons. The van der Waals surface area contributed by atoms with Crippen molar-refractivity contribution in [2.24, 2.45) is 0 Å². The van der Waals surface area contributed by atoms with E-state index >= 15 is 0 Å². The monoisotopic (exact) mass is 260 g/mol. The molecule has 2 heterocycles. The van der Waals surface area contributed by atoms with E-state index < -0.39 is 11.0 Å². The number of nitrogens with zero attached hydrogens (tertiary/aromatic N) is 6. The molecule has 2 aromatic rings. The van der Waals surface area contributed by atoms with E-state index in [-0.39, 0.29) is 17.1 Å². The van der Waals surface area contributed by atoms with Gasteiger partial charge in [0.2, 0.25) is 5.82 Å². The van der Waals surface area contributed by atoms with Crippen LogP contribution < -0.4 is 5.32 Å². The first-order valence-electron chi connectivity index (χ1n) is 5.17. The number of rotatable bonds is 4. The van der Waals surface area contributed by atoms with Gasteiger partial charge >= 0.3 is 5.69 Å². The summed E-state index contributed by atoms with van der Waals surface area (Å²) in [5.41, 5.74) is -0.442. The Kier molecular flexibility index (Phi) is 3.29. The van der Waals surface area contributed by atoms with E-state index in [9.17, 15) is 10.1 Å². The number of pyridine rings is 1. The summed E-state index contributed by atoms with van der Waals surface area (Å²) in [6.45, 7) is 1.69. The van der Waals surface area contributed by atoms with Gasteiger partial charge < -0.3 is 5.32 Å². The van der Waals surface area contributed by atoms with Crippen LogP contribution in [0.5, 0.6) is 0 Å². The van der Waals surface area contributed by atoms with Crippen LogP contribution in [-0.4, -0.2) is 30.5 Å². The average molecular weight is 260 g/mol. The lowest BCUT2D eigenvalue weighted by Crippen LogP contribution is -2.12. The summed E-state index contributed by atoms with van der Waals surface area (Å²) in [6, 6.07) is 2.59. The minimum Gasteiger partial charge on any atom is -0.354 e. The molecule has 0 bridgehead atoms. The Morgan fingerprint density at radius 3 is 3.00 bits per heavy atom. The van der Waals surface area contributed by atoms with E-state index in [2.05, 4.69) is 30.9 Å². The largest absolute Gasteiger partial charge is 0.354 e. The number of hydrogen-bond acceptors (Lipinski definition) is 8. The van der Waals surface area contributed by atoms with Gasteiger partial charge in [-0.1, -0.05) is 5.21 Å². The van der Waals surface area contributed by atoms with Crippen LogP contribution in [0.25, 0.3) is 0 Å². The molecule has 0 spiro atoms. The number of tetrazole rings is 1. The molecule has 1 unspecified atom stereocenters. The maximum atomic E-state index is 11.0. The van der Waals surface area contributed by atoms with E-state index in [1.807, 2.05) is 0 Å². The molecule has 0 amide bonds. The average Bonchev–Trinajstić information content (AvgIpc) is 2.92. The van der Waals surface area contributed by atoms with Crippen molar-refractivity contribution < 1.29 is 4.92 Å². The van der Waals surface area contributed by atoms with Crippen molar-refractivity contribution >= 4 is 11.5 Å². The fourth-order valence-corrected chi connectivity index (χ4v) is 1.46. The molecule has 19 heavy (non-hydrogen) atoms. The summed E-state index contributed by atoms with van der Waals surface area (Å²) < 4.78 is 0. The Bertz CT molecular complexity index is 632. The highest BCUT2D eigenvalue weighted by molar-refractivity contribution is 5.64. The van der Waals surface area contributed by atoms with Crippen molar-refractivity contribution in [3.63, 3.8) is 0 Å². The summed E-state index contributed by atoms with van der Waals surface area (Å²) in [5.74, 6) is 0.319. The Labute approximate surface area is 106 Å². The molecule has 0 fully saturated rings. The van der Waals surface area contributed by atoms with Crippen LogP contribution in [0, 0.1) is 21.4 Å². The molecule has 0 aliphatic rings. The summed E-state index contributed by atoms with van der Waals surface area (Å²) in [5, 5.41) is 35.8. The summed E-state index contributed by atoms with van der Waals surface area (Å²) in [7, 11) is 0. The lowest BCUT2D eigenvalue weighted by Gasteiger charge is -2.10. The molecule has 0 saturated carbocycles. The normalized spacial score (nSPS) is 11.6. The van der Waals surface area contributed by atoms with E-state index in [1.54, 1.807) is 13.0 Å². The van der Waals surface area contributed by atoms with Gasteiger partial charge in [0.25, 0.3) is 0 Å². The molecule has 2 N–H and O–H groups in total. The van der Waals surface area contributed by atoms with Crippen LogP contribution in [0.3, 0.4) is 0 Å². The Morgan fingerprint density at radius 2 is 2.42 bits per heavy atom. The molecule has 0 aliphatic heterocycles. The maximum Gasteiger partial charge on any atom is 0.328 e. The molecule has 2 rings (SSSR count). The minimum absolute atomic E-state index is 0.0126. The third kappa shape index (κ3) is 2.44. The van der Waals surface area contributed by atoms with Gasteiger partial charge in [-0.15, -0.1) is 10.2 Å². The lowest BCUT2D eigenvalue weighted by molar-refractivity contribution is -0.384. The van der Waals surface area contributed by atoms with E-state index in [0.717, 1.165) is 0 Å². The first-order chi connectivity index (χ1) is 9.13. The Hall–Kier alpha value is -3.09. The first-order valence-corrected chi connectivity index (χ1v) is 5.17. The molecule has 10 heteroatoms. The van der Waals surface area contributed by atoms with Gasteiger partial charge in [0.1, 0.15) is 11.6 Å². The second-order valence-corrected chi connectivity index (χ2v) is 3.56. The predicted molar refractivity (Wildman–Crippen MR) is 61.8 cm³/mol. The Balaban J connectivity index is 2.35. The zero-order valence-electron chi connectivity index (χ0n) is 9.73. The SMILES string of the molecule is CC(Nc1nccc(C#N)c1[N+](=O)[O-])c1nn[nH]n1. The van der Waals surface area contributed by atoms with Crippen LogP contribution in [0.2, 0.25) is 0 Å². The standard InChI is InChI=1S/C9H8N8O2/c1-5(8-13-15-16-14-8)12-9-7(17(18)19)6(4-10)2-3-11-9/h2-3,5H,1H3,(H,11,12)(H,13,14,15,16). The number of hydrogen-bond donors (Lipinski definition) is 2. The highest BCUT2D eigenvalue weighted by Crippen LogP contribution is 2.27. The zero-order valence-corrected chi connectivity index (χ0v) is 9.73. The van der Waals surface area contributed by atoms with Gasteiger partial charge in [0, 0.05) is 6.20 Å². The fraction of sp³-hybridized carbons (Fsp3) is 0.222. The second kappa shape index (κ2) is 5.05. The Morgan fingerprint density at radius 1 is 1.63 bits per heavy atom. The van der Waals surface area contributed by atoms with Crippen molar-refractivity contribution in [2.75, 3.05) is 5.32 Å². The second-order valence-electron chi connectivity index (χ2n) is 3.56. The number of anilines is 1. The van der Waals surface area contributed by atoms with E-state index in [1.165, 1.54) is 12.3 Å². The molecule has 2 aromatic heterocycles. The third-order valence-electron chi connectivity index (χ3n) is 2.33. The van der Waals surface area contributed by atoms with Crippen molar-refractivity contribution in [1.82, 2.24) is 25.6 Å². The van der Waals surface area contributed by atoms with Gasteiger partial charge in [0.05, 0.1) is 11.0 Å². The van der Waals surface area contributed by atoms with Gasteiger partial charge in [-0.25, -0.2) is 4.98 Å². The van der Waals surface area contributed by atoms with Gasteiger partial charge in [-0.3, -0.25) is 10.1 Å². The summed E-state index contributed by atoms with van der Waals surface area (Å²) >= 11 is 0. The van der Waals surface area contributed by atoms with Crippen LogP contribution in [0.15, 0.2) is 12.3 Å². The van der Waals surface area contributed by atoms with Crippen LogP contribution in [0.4, 0.5) is 11.5 Å². The number of nitrogens with one attached hydrogen (secondary N) is 2. The number of nitro groups is 1. The number of aromatic amines is 1. The van der Waals surface area contributed by atoms with Crippen LogP contribution >= 0.6 is 0 Å². The first kappa shape index (κ1) is 12.4. The van der Waals surface area contributed by atoms with Crippen molar-refractivity contribution in [1.29, 1.82) is 5.26 Å². The lowest BCUT2D eigenvalue weighted by atomic mass is 10.2. The molecule has 1 atom stereocenters. The third-order valence-corrected chi connectivity index (χ3v) is 2.33. The molecular weight excluding hydrogens is 252 g/mol. The van der Waals surface area contributed by atoms with Crippen molar-refractivity contribution in [3.05, 3.63) is 33.8 Å². The van der Waals surface area contributed by atoms with Crippen LogP contribution in [0.1, 0.15) is 24.4 Å². The van der Waals surface area contributed by atoms with Crippen LogP contribution in [-0.2, 0) is 0 Å². The molecule has 0 aliphatic carbocycles. The van der Waals surface area contributed by atoms with Gasteiger partial charge in [0.15, 0.2) is 5.82 Å². The molecule has 0 saturated heterocycles. The number of aromatic nitrogens is 5. The fourth-order valence-electron chi connectivity index (χ4n) is 1.46. The number of H-pyrrole nitrogens is 1. The highest BCUT2D eigenvalue weighted by atomic mass is 16.6.